The summed E-state index contributed by atoms with van der Waals surface area (Å²) in [6.45, 7) is 1.86. The number of amides is 1. The molecule has 0 spiro atoms. The number of anilines is 1. The minimum atomic E-state index is -3.41. The first-order valence-corrected chi connectivity index (χ1v) is 9.38. The molecular weight excluding hydrogens is 345 g/mol. The van der Waals surface area contributed by atoms with E-state index in [1.54, 1.807) is 12.1 Å². The number of nitrogens with zero attached hydrogens (tertiary/aromatic N) is 2. The first-order chi connectivity index (χ1) is 10.9. The van der Waals surface area contributed by atoms with E-state index in [9.17, 15) is 17.6 Å². The standard InChI is InChI=1S/C14H19ClFN3O3S/c15-11-14(20)17-5-10-23(21,22)19-8-6-18(7-9-19)13-3-1-12(16)2-4-13/h1-4H,5-11H2,(H,17,20). The molecule has 0 radical (unpaired) electrons. The average molecular weight is 364 g/mol. The Kier molecular flexibility index (Phi) is 6.20. The summed E-state index contributed by atoms with van der Waals surface area (Å²) in [6, 6.07) is 6.14. The van der Waals surface area contributed by atoms with Crippen molar-refractivity contribution in [3.05, 3.63) is 30.1 Å². The minimum absolute atomic E-state index is 0.0477. The number of hydrogen-bond acceptors (Lipinski definition) is 4. The number of piperazine rings is 1. The molecule has 1 N–H and O–H groups in total. The third-order valence-corrected chi connectivity index (χ3v) is 5.74. The van der Waals surface area contributed by atoms with Gasteiger partial charge in [-0.25, -0.2) is 12.8 Å². The molecule has 0 saturated carbocycles. The Labute approximate surface area is 140 Å². The van der Waals surface area contributed by atoms with Gasteiger partial charge >= 0.3 is 0 Å². The van der Waals surface area contributed by atoms with E-state index in [0.29, 0.717) is 26.2 Å². The van der Waals surface area contributed by atoms with Crippen molar-refractivity contribution in [3.8, 4) is 0 Å². The van der Waals surface area contributed by atoms with Gasteiger partial charge < -0.3 is 10.2 Å². The van der Waals surface area contributed by atoms with Crippen molar-refractivity contribution in [2.24, 2.45) is 0 Å². The zero-order valence-electron chi connectivity index (χ0n) is 12.5. The second kappa shape index (κ2) is 7.94. The number of hydrogen-bond donors (Lipinski definition) is 1. The summed E-state index contributed by atoms with van der Waals surface area (Å²) >= 11 is 5.33. The van der Waals surface area contributed by atoms with Crippen LogP contribution in [0.15, 0.2) is 24.3 Å². The zero-order chi connectivity index (χ0) is 16.9. The van der Waals surface area contributed by atoms with Gasteiger partial charge in [-0.05, 0) is 24.3 Å². The molecule has 1 fully saturated rings. The van der Waals surface area contributed by atoms with Gasteiger partial charge in [0.1, 0.15) is 11.7 Å². The largest absolute Gasteiger partial charge is 0.369 e. The van der Waals surface area contributed by atoms with E-state index in [0.717, 1.165) is 5.69 Å². The summed E-state index contributed by atoms with van der Waals surface area (Å²) in [5.41, 5.74) is 0.873. The van der Waals surface area contributed by atoms with Crippen molar-refractivity contribution in [2.75, 3.05) is 49.3 Å². The van der Waals surface area contributed by atoms with Crippen LogP contribution >= 0.6 is 11.6 Å². The van der Waals surface area contributed by atoms with E-state index in [1.165, 1.54) is 16.4 Å². The summed E-state index contributed by atoms with van der Waals surface area (Å²) < 4.78 is 38.8. The van der Waals surface area contributed by atoms with Crippen molar-refractivity contribution >= 4 is 33.2 Å². The maximum Gasteiger partial charge on any atom is 0.234 e. The van der Waals surface area contributed by atoms with E-state index in [4.69, 9.17) is 11.6 Å². The summed E-state index contributed by atoms with van der Waals surface area (Å²) in [5, 5.41) is 2.44. The average Bonchev–Trinajstić information content (AvgIpc) is 2.55. The van der Waals surface area contributed by atoms with Gasteiger partial charge in [-0.3, -0.25) is 4.79 Å². The van der Waals surface area contributed by atoms with E-state index in [-0.39, 0.29) is 29.9 Å². The Bertz CT molecular complexity index is 631. The number of halogens is 2. The topological polar surface area (TPSA) is 69.7 Å². The van der Waals surface area contributed by atoms with Gasteiger partial charge in [-0.1, -0.05) is 0 Å². The highest BCUT2D eigenvalue weighted by Gasteiger charge is 2.26. The van der Waals surface area contributed by atoms with Crippen LogP contribution in [-0.4, -0.2) is 63.0 Å². The van der Waals surface area contributed by atoms with Crippen LogP contribution in [0, 0.1) is 5.82 Å². The van der Waals surface area contributed by atoms with Crippen molar-refractivity contribution in [1.29, 1.82) is 0 Å². The predicted molar refractivity (Wildman–Crippen MR) is 87.7 cm³/mol. The molecule has 6 nitrogen and oxygen atoms in total. The molecule has 0 aliphatic carbocycles. The van der Waals surface area contributed by atoms with Gasteiger partial charge in [0, 0.05) is 38.4 Å². The molecule has 0 atom stereocenters. The summed E-state index contributed by atoms with van der Waals surface area (Å²) in [4.78, 5) is 13.0. The fourth-order valence-electron chi connectivity index (χ4n) is 2.37. The maximum absolute atomic E-state index is 12.9. The molecule has 0 unspecified atom stereocenters. The lowest BCUT2D eigenvalue weighted by Gasteiger charge is -2.35. The Morgan fingerprint density at radius 1 is 1.17 bits per heavy atom. The lowest BCUT2D eigenvalue weighted by Crippen LogP contribution is -2.50. The van der Waals surface area contributed by atoms with Gasteiger partial charge in [-0.2, -0.15) is 4.31 Å². The fourth-order valence-corrected chi connectivity index (χ4v) is 3.80. The molecule has 128 valence electrons. The molecule has 0 bridgehead atoms. The van der Waals surface area contributed by atoms with Crippen molar-refractivity contribution < 1.29 is 17.6 Å². The Hall–Kier alpha value is -1.38. The molecule has 1 amide bonds. The number of benzene rings is 1. The SMILES string of the molecule is O=C(CCl)NCCS(=O)(=O)N1CCN(c2ccc(F)cc2)CC1. The van der Waals surface area contributed by atoms with Gasteiger partial charge in [0.05, 0.1) is 5.75 Å². The number of carbonyl (C=O) groups excluding carboxylic acids is 1. The third-order valence-electron chi connectivity index (χ3n) is 3.63. The first-order valence-electron chi connectivity index (χ1n) is 7.23. The minimum Gasteiger partial charge on any atom is -0.369 e. The molecule has 9 heteroatoms. The number of carbonyl (C=O) groups is 1. The monoisotopic (exact) mass is 363 g/mol. The van der Waals surface area contributed by atoms with Gasteiger partial charge in [0.25, 0.3) is 0 Å². The number of nitrogens with one attached hydrogen (secondary N) is 1. The second-order valence-corrected chi connectivity index (χ2v) is 7.52. The van der Waals surface area contributed by atoms with Crippen LogP contribution in [-0.2, 0) is 14.8 Å². The summed E-state index contributed by atoms with van der Waals surface area (Å²) in [5.74, 6) is -1.01. The highest BCUT2D eigenvalue weighted by atomic mass is 35.5. The molecule has 0 aromatic heterocycles. The quantitative estimate of drug-likeness (QED) is 0.753. The number of rotatable bonds is 6. The molecule has 1 aromatic rings. The zero-order valence-corrected chi connectivity index (χ0v) is 14.1. The first kappa shape index (κ1) is 18.0. The molecule has 1 saturated heterocycles. The van der Waals surface area contributed by atoms with Gasteiger partial charge in [0.15, 0.2) is 0 Å². The number of alkyl halides is 1. The predicted octanol–water partition coefficient (Wildman–Crippen LogP) is 0.632. The van der Waals surface area contributed by atoms with E-state index in [2.05, 4.69) is 5.32 Å². The summed E-state index contributed by atoms with van der Waals surface area (Å²) in [7, 11) is -3.41. The normalized spacial score (nSPS) is 16.3. The molecular formula is C14H19ClFN3O3S. The van der Waals surface area contributed by atoms with Crippen LogP contribution in [0.25, 0.3) is 0 Å². The van der Waals surface area contributed by atoms with Gasteiger partial charge in [0.2, 0.25) is 15.9 Å². The maximum atomic E-state index is 12.9. The Morgan fingerprint density at radius 3 is 2.35 bits per heavy atom. The van der Waals surface area contributed by atoms with Crippen molar-refractivity contribution in [2.45, 2.75) is 0 Å². The number of sulfonamides is 1. The van der Waals surface area contributed by atoms with Gasteiger partial charge in [-0.15, -0.1) is 11.6 Å². The molecule has 1 aliphatic heterocycles. The summed E-state index contributed by atoms with van der Waals surface area (Å²) in [6.07, 6.45) is 0. The van der Waals surface area contributed by atoms with Crippen molar-refractivity contribution in [3.63, 3.8) is 0 Å². The van der Waals surface area contributed by atoms with Crippen LogP contribution in [0.4, 0.5) is 10.1 Å². The highest BCUT2D eigenvalue weighted by molar-refractivity contribution is 7.89. The Balaban J connectivity index is 1.85. The van der Waals surface area contributed by atoms with Crippen LogP contribution in [0.1, 0.15) is 0 Å². The molecule has 1 heterocycles. The van der Waals surface area contributed by atoms with E-state index in [1.807, 2.05) is 4.90 Å². The highest BCUT2D eigenvalue weighted by Crippen LogP contribution is 2.18. The van der Waals surface area contributed by atoms with Crippen LogP contribution < -0.4 is 10.2 Å². The van der Waals surface area contributed by atoms with Crippen molar-refractivity contribution in [1.82, 2.24) is 9.62 Å². The second-order valence-electron chi connectivity index (χ2n) is 5.16. The fraction of sp³-hybridized carbons (Fsp3) is 0.500. The molecule has 2 rings (SSSR count). The third kappa shape index (κ3) is 5.05. The lowest BCUT2D eigenvalue weighted by molar-refractivity contribution is -0.118. The van der Waals surface area contributed by atoms with E-state index < -0.39 is 10.0 Å². The van der Waals surface area contributed by atoms with Crippen LogP contribution in [0.2, 0.25) is 0 Å². The van der Waals surface area contributed by atoms with Crippen LogP contribution in [0.3, 0.4) is 0 Å². The van der Waals surface area contributed by atoms with Crippen LogP contribution in [0.5, 0.6) is 0 Å². The van der Waals surface area contributed by atoms with E-state index >= 15 is 0 Å². The smallest absolute Gasteiger partial charge is 0.234 e. The molecule has 23 heavy (non-hydrogen) atoms. The molecule has 1 aliphatic rings. The molecule has 1 aromatic carbocycles. The lowest BCUT2D eigenvalue weighted by atomic mass is 10.2. The Morgan fingerprint density at radius 2 is 1.78 bits per heavy atom.